The molecule has 2 aromatic heterocycles. The van der Waals surface area contributed by atoms with Gasteiger partial charge in [-0.2, -0.15) is 0 Å². The highest BCUT2D eigenvalue weighted by Gasteiger charge is 2.21. The molecule has 118 valence electrons. The molecule has 3 aromatic rings. The molecule has 0 bridgehead atoms. The molecule has 1 unspecified atom stereocenters. The Morgan fingerprint density at radius 1 is 1.04 bits per heavy atom. The van der Waals surface area contributed by atoms with E-state index in [1.807, 2.05) is 0 Å². The first-order chi connectivity index (χ1) is 11.0. The summed E-state index contributed by atoms with van der Waals surface area (Å²) in [7, 11) is -4.99. The second-order valence-corrected chi connectivity index (χ2v) is 8.00. The second kappa shape index (κ2) is 6.10. The average Bonchev–Trinajstić information content (AvgIpc) is 3.06. The smallest absolute Gasteiger partial charge is 0.263 e. The number of rotatable bonds is 4. The van der Waals surface area contributed by atoms with Crippen LogP contribution < -0.4 is 0 Å². The van der Waals surface area contributed by atoms with E-state index in [0.717, 1.165) is 0 Å². The van der Waals surface area contributed by atoms with Gasteiger partial charge in [0.1, 0.15) is 4.90 Å². The van der Waals surface area contributed by atoms with Crippen molar-refractivity contribution in [1.82, 2.24) is 8.96 Å². The van der Waals surface area contributed by atoms with Crippen molar-refractivity contribution in [2.75, 3.05) is 6.26 Å². The molecule has 0 saturated heterocycles. The molecule has 7 heteroatoms. The van der Waals surface area contributed by atoms with Crippen molar-refractivity contribution < 1.29 is 12.6 Å². The van der Waals surface area contributed by atoms with Crippen LogP contribution in [0.4, 0.5) is 0 Å². The zero-order chi connectivity index (χ0) is 16.4. The van der Waals surface area contributed by atoms with Crippen LogP contribution in [0, 0.1) is 0 Å². The van der Waals surface area contributed by atoms with Gasteiger partial charge < -0.3 is 0 Å². The van der Waals surface area contributed by atoms with Crippen LogP contribution >= 0.6 is 0 Å². The summed E-state index contributed by atoms with van der Waals surface area (Å²) >= 11 is 0. The van der Waals surface area contributed by atoms with E-state index in [2.05, 4.69) is 4.98 Å². The van der Waals surface area contributed by atoms with Crippen LogP contribution in [-0.2, 0) is 20.8 Å². The van der Waals surface area contributed by atoms with Crippen LogP contribution in [0.2, 0.25) is 0 Å². The fraction of sp³-hybridized carbons (Fsp3) is 0.0625. The molecule has 5 nitrogen and oxygen atoms in total. The van der Waals surface area contributed by atoms with Gasteiger partial charge in [-0.15, -0.1) is 0 Å². The molecule has 0 saturated carbocycles. The van der Waals surface area contributed by atoms with Crippen molar-refractivity contribution in [2.24, 2.45) is 0 Å². The Labute approximate surface area is 137 Å². The van der Waals surface area contributed by atoms with E-state index in [1.165, 1.54) is 28.6 Å². The van der Waals surface area contributed by atoms with Gasteiger partial charge in [0, 0.05) is 35.3 Å². The molecule has 0 spiro atoms. The topological polar surface area (TPSA) is 69.0 Å². The average molecular weight is 346 g/mol. The van der Waals surface area contributed by atoms with Crippen LogP contribution in [0.25, 0.3) is 11.3 Å². The highest BCUT2D eigenvalue weighted by molar-refractivity contribution is 7.90. The molecule has 2 heterocycles. The first-order valence-electron chi connectivity index (χ1n) is 6.77. The van der Waals surface area contributed by atoms with Gasteiger partial charge in [0.15, 0.2) is 0 Å². The van der Waals surface area contributed by atoms with Crippen molar-refractivity contribution in [1.29, 1.82) is 0 Å². The second-order valence-electron chi connectivity index (χ2n) is 4.83. The molecule has 1 atom stereocenters. The summed E-state index contributed by atoms with van der Waals surface area (Å²) in [5.41, 5.74) is 1.10. The van der Waals surface area contributed by atoms with E-state index < -0.39 is 20.8 Å². The molecule has 3 rings (SSSR count). The zero-order valence-corrected chi connectivity index (χ0v) is 13.9. The molecular formula is C16H14N2O3S2. The van der Waals surface area contributed by atoms with Gasteiger partial charge >= 0.3 is 0 Å². The summed E-state index contributed by atoms with van der Waals surface area (Å²) in [6.45, 7) is 0. The lowest BCUT2D eigenvalue weighted by Gasteiger charge is -2.12. The Bertz CT molecular complexity index is 964. The van der Waals surface area contributed by atoms with Crippen molar-refractivity contribution in [2.45, 2.75) is 9.79 Å². The maximum atomic E-state index is 12.8. The predicted octanol–water partition coefficient (Wildman–Crippen LogP) is 2.52. The summed E-state index contributed by atoms with van der Waals surface area (Å²) in [6.07, 6.45) is 5.88. The molecular weight excluding hydrogens is 332 g/mol. The van der Waals surface area contributed by atoms with Crippen molar-refractivity contribution in [3.05, 3.63) is 67.1 Å². The monoisotopic (exact) mass is 346 g/mol. The minimum absolute atomic E-state index is 0.104. The third kappa shape index (κ3) is 2.85. The van der Waals surface area contributed by atoms with Gasteiger partial charge in [-0.05, 0) is 30.3 Å². The highest BCUT2D eigenvalue weighted by atomic mass is 32.2. The Hall–Kier alpha value is -2.25. The van der Waals surface area contributed by atoms with Crippen LogP contribution in [0.15, 0.2) is 76.9 Å². The molecule has 0 radical (unpaired) electrons. The lowest BCUT2D eigenvalue weighted by molar-refractivity contribution is 0.587. The van der Waals surface area contributed by atoms with E-state index in [0.29, 0.717) is 16.2 Å². The van der Waals surface area contributed by atoms with E-state index in [9.17, 15) is 12.6 Å². The van der Waals surface area contributed by atoms with Gasteiger partial charge in [-0.3, -0.25) is 9.19 Å². The van der Waals surface area contributed by atoms with Gasteiger partial charge in [-0.25, -0.2) is 12.4 Å². The first-order valence-corrected chi connectivity index (χ1v) is 9.77. The normalized spacial score (nSPS) is 12.9. The van der Waals surface area contributed by atoms with E-state index in [4.69, 9.17) is 0 Å². The van der Waals surface area contributed by atoms with Crippen LogP contribution in [-0.4, -0.2) is 27.8 Å². The SMILES string of the molecule is CS(=O)c1ccccc1-c1cccn1S(=O)(=O)c1cccnc1. The maximum absolute atomic E-state index is 12.8. The molecule has 23 heavy (non-hydrogen) atoms. The van der Waals surface area contributed by atoms with Crippen LogP contribution in [0.3, 0.4) is 0 Å². The van der Waals surface area contributed by atoms with Gasteiger partial charge in [0.05, 0.1) is 16.5 Å². The Morgan fingerprint density at radius 2 is 1.83 bits per heavy atom. The van der Waals surface area contributed by atoms with Crippen molar-refractivity contribution in [3.8, 4) is 11.3 Å². The molecule has 0 N–H and O–H groups in total. The van der Waals surface area contributed by atoms with E-state index in [-0.39, 0.29) is 4.90 Å². The Morgan fingerprint density at radius 3 is 2.52 bits per heavy atom. The number of hydrogen-bond acceptors (Lipinski definition) is 4. The van der Waals surface area contributed by atoms with Crippen molar-refractivity contribution in [3.63, 3.8) is 0 Å². The Balaban J connectivity index is 2.21. The van der Waals surface area contributed by atoms with Gasteiger partial charge in [-0.1, -0.05) is 18.2 Å². The standard InChI is InChI=1S/C16H14N2O3S2/c1-22(19)16-9-3-2-7-14(16)15-8-5-11-18(15)23(20,21)13-6-4-10-17-12-13/h2-12H,1H3. The van der Waals surface area contributed by atoms with Crippen LogP contribution in [0.1, 0.15) is 0 Å². The Kier molecular flexibility index (Phi) is 4.14. The summed E-state index contributed by atoms with van der Waals surface area (Å²) in [5.74, 6) is 0. The molecule has 0 aliphatic carbocycles. The van der Waals surface area contributed by atoms with E-state index >= 15 is 0 Å². The third-order valence-corrected chi connectivity index (χ3v) is 6.03. The minimum Gasteiger partial charge on any atom is -0.263 e. The number of aromatic nitrogens is 2. The zero-order valence-electron chi connectivity index (χ0n) is 12.3. The summed E-state index contributed by atoms with van der Waals surface area (Å²) in [5, 5.41) is 0. The minimum atomic E-state index is -3.76. The highest BCUT2D eigenvalue weighted by Crippen LogP contribution is 2.29. The summed E-state index contributed by atoms with van der Waals surface area (Å²) in [4.78, 5) is 4.56. The quantitative estimate of drug-likeness (QED) is 0.728. The maximum Gasteiger partial charge on any atom is 0.269 e. The number of nitrogens with zero attached hydrogens (tertiary/aromatic N) is 2. The summed E-state index contributed by atoms with van der Waals surface area (Å²) < 4.78 is 38.8. The van der Waals surface area contributed by atoms with Gasteiger partial charge in [0.2, 0.25) is 0 Å². The molecule has 1 aromatic carbocycles. The number of hydrogen-bond donors (Lipinski definition) is 0. The molecule has 0 aliphatic heterocycles. The number of benzene rings is 1. The summed E-state index contributed by atoms with van der Waals surface area (Å²) in [6, 6.07) is 13.5. The van der Waals surface area contributed by atoms with E-state index in [1.54, 1.807) is 48.7 Å². The number of pyridine rings is 1. The third-order valence-electron chi connectivity index (χ3n) is 3.38. The lowest BCUT2D eigenvalue weighted by Crippen LogP contribution is -2.13. The van der Waals surface area contributed by atoms with Crippen molar-refractivity contribution >= 4 is 20.8 Å². The largest absolute Gasteiger partial charge is 0.269 e. The fourth-order valence-corrected chi connectivity index (χ4v) is 4.40. The molecule has 0 amide bonds. The van der Waals surface area contributed by atoms with Gasteiger partial charge in [0.25, 0.3) is 10.0 Å². The lowest BCUT2D eigenvalue weighted by atomic mass is 10.1. The first kappa shape index (κ1) is 15.6. The fourth-order valence-electron chi connectivity index (χ4n) is 2.33. The molecule has 0 fully saturated rings. The predicted molar refractivity (Wildman–Crippen MR) is 89.0 cm³/mol. The molecule has 0 aliphatic rings. The van der Waals surface area contributed by atoms with Crippen LogP contribution in [0.5, 0.6) is 0 Å².